The zero-order valence-corrected chi connectivity index (χ0v) is 19.5. The molecule has 3 aromatic rings. The summed E-state index contributed by atoms with van der Waals surface area (Å²) in [5.74, 6) is 1.90. The Labute approximate surface area is 196 Å². The third-order valence-electron chi connectivity index (χ3n) is 5.56. The van der Waals surface area contributed by atoms with Crippen LogP contribution in [0.5, 0.6) is 5.75 Å². The molecule has 31 heavy (non-hydrogen) atoms. The molecule has 7 heteroatoms. The first-order valence-electron chi connectivity index (χ1n) is 10.5. The summed E-state index contributed by atoms with van der Waals surface area (Å²) in [6.45, 7) is 8.17. The molecule has 4 rings (SSSR count). The van der Waals surface area contributed by atoms with E-state index in [2.05, 4.69) is 59.2 Å². The molecule has 5 nitrogen and oxygen atoms in total. The van der Waals surface area contributed by atoms with Crippen molar-refractivity contribution in [2.24, 2.45) is 0 Å². The normalized spacial score (nSPS) is 14.1. The fourth-order valence-electron chi connectivity index (χ4n) is 3.82. The molecule has 0 bridgehead atoms. The molecular formula is C24H31Cl2N3O2. The highest BCUT2D eigenvalue weighted by Crippen LogP contribution is 2.31. The fraction of sp³-hybridized carbons (Fsp3) is 0.375. The maximum atomic E-state index is 8.89. The van der Waals surface area contributed by atoms with Crippen LogP contribution in [0.15, 0.2) is 54.6 Å². The van der Waals surface area contributed by atoms with Crippen LogP contribution in [0.3, 0.4) is 0 Å². The number of halogens is 2. The van der Waals surface area contributed by atoms with Crippen molar-refractivity contribution in [3.63, 3.8) is 0 Å². The Balaban J connectivity index is 0.00000171. The Hall–Kier alpha value is -2.05. The summed E-state index contributed by atoms with van der Waals surface area (Å²) >= 11 is 0. The number of piperazine rings is 1. The zero-order valence-electron chi connectivity index (χ0n) is 17.9. The van der Waals surface area contributed by atoms with Crippen LogP contribution in [0.4, 0.5) is 5.82 Å². The van der Waals surface area contributed by atoms with Gasteiger partial charge in [0.15, 0.2) is 0 Å². The van der Waals surface area contributed by atoms with Gasteiger partial charge in [-0.2, -0.15) is 0 Å². The zero-order chi connectivity index (χ0) is 20.1. The maximum Gasteiger partial charge on any atom is 0.137 e. The van der Waals surface area contributed by atoms with E-state index < -0.39 is 0 Å². The second-order valence-electron chi connectivity index (χ2n) is 7.42. The quantitative estimate of drug-likeness (QED) is 0.516. The van der Waals surface area contributed by atoms with Crippen LogP contribution in [0, 0.1) is 0 Å². The number of fused-ring (bicyclic) bond motifs is 1. The summed E-state index contributed by atoms with van der Waals surface area (Å²) < 4.78 is 5.65. The number of aliphatic hydroxyl groups excluding tert-OH is 1. The van der Waals surface area contributed by atoms with Gasteiger partial charge in [-0.25, -0.2) is 4.98 Å². The van der Waals surface area contributed by atoms with Gasteiger partial charge >= 0.3 is 0 Å². The Bertz CT molecular complexity index is 945. The van der Waals surface area contributed by atoms with Gasteiger partial charge in [0.1, 0.15) is 11.6 Å². The van der Waals surface area contributed by atoms with Crippen molar-refractivity contribution in [2.45, 2.75) is 13.3 Å². The molecular weight excluding hydrogens is 433 g/mol. The summed E-state index contributed by atoms with van der Waals surface area (Å²) in [5, 5.41) is 11.3. The van der Waals surface area contributed by atoms with Gasteiger partial charge in [0, 0.05) is 50.2 Å². The van der Waals surface area contributed by atoms with Crippen molar-refractivity contribution < 1.29 is 9.84 Å². The van der Waals surface area contributed by atoms with Crippen molar-refractivity contribution >= 4 is 41.4 Å². The maximum absolute atomic E-state index is 8.89. The molecule has 1 saturated heterocycles. The highest BCUT2D eigenvalue weighted by Gasteiger charge is 2.19. The molecule has 0 radical (unpaired) electrons. The van der Waals surface area contributed by atoms with Crippen LogP contribution < -0.4 is 9.64 Å². The minimum absolute atomic E-state index is 0. The van der Waals surface area contributed by atoms with Crippen LogP contribution in [-0.2, 0) is 0 Å². The average Bonchev–Trinajstić information content (AvgIpc) is 2.79. The van der Waals surface area contributed by atoms with Crippen molar-refractivity contribution in [2.75, 3.05) is 50.8 Å². The first kappa shape index (κ1) is 25.2. The first-order valence-corrected chi connectivity index (χ1v) is 10.5. The molecule has 0 atom stereocenters. The second-order valence-corrected chi connectivity index (χ2v) is 7.42. The van der Waals surface area contributed by atoms with Gasteiger partial charge in [-0.05, 0) is 42.3 Å². The highest BCUT2D eigenvalue weighted by molar-refractivity contribution is 5.95. The lowest BCUT2D eigenvalue weighted by Crippen LogP contribution is -2.46. The van der Waals surface area contributed by atoms with Crippen molar-refractivity contribution in [1.82, 2.24) is 9.88 Å². The lowest BCUT2D eigenvalue weighted by atomic mass is 10.1. The third-order valence-corrected chi connectivity index (χ3v) is 5.56. The number of pyridine rings is 1. The molecule has 168 valence electrons. The number of rotatable bonds is 7. The Kier molecular flexibility index (Phi) is 9.85. The number of aliphatic hydroxyl groups is 1. The topological polar surface area (TPSA) is 48.8 Å². The van der Waals surface area contributed by atoms with E-state index in [9.17, 15) is 0 Å². The summed E-state index contributed by atoms with van der Waals surface area (Å²) in [7, 11) is 0. The van der Waals surface area contributed by atoms with Crippen LogP contribution in [0.1, 0.15) is 13.3 Å². The van der Waals surface area contributed by atoms with Gasteiger partial charge in [0.2, 0.25) is 0 Å². The number of anilines is 1. The number of ether oxygens (including phenoxy) is 1. The van der Waals surface area contributed by atoms with Crippen molar-refractivity contribution in [3.8, 4) is 17.0 Å². The summed E-state index contributed by atoms with van der Waals surface area (Å²) in [5.41, 5.74) is 2.07. The molecule has 0 unspecified atom stereocenters. The SMILES string of the molecule is CCN1CCN(c2nc(-c3ccc(OCCCO)cc3)cc3ccccc23)CC1.Cl.Cl. The predicted molar refractivity (Wildman–Crippen MR) is 133 cm³/mol. The molecule has 2 aromatic carbocycles. The fourth-order valence-corrected chi connectivity index (χ4v) is 3.82. The molecule has 1 N–H and O–H groups in total. The molecule has 1 aromatic heterocycles. The smallest absolute Gasteiger partial charge is 0.137 e. The predicted octanol–water partition coefficient (Wildman–Crippen LogP) is 4.65. The molecule has 0 aliphatic carbocycles. The minimum atomic E-state index is 0. The molecule has 0 amide bonds. The van der Waals surface area contributed by atoms with Gasteiger partial charge in [0.25, 0.3) is 0 Å². The summed E-state index contributed by atoms with van der Waals surface area (Å²) in [4.78, 5) is 9.99. The van der Waals surface area contributed by atoms with E-state index in [1.807, 2.05) is 12.1 Å². The van der Waals surface area contributed by atoms with E-state index in [1.54, 1.807) is 0 Å². The Morgan fingerprint density at radius 1 is 0.968 bits per heavy atom. The number of nitrogens with zero attached hydrogens (tertiary/aromatic N) is 3. The van der Waals surface area contributed by atoms with E-state index in [0.717, 1.165) is 55.5 Å². The largest absolute Gasteiger partial charge is 0.494 e. The second kappa shape index (κ2) is 12.1. The number of aromatic nitrogens is 1. The monoisotopic (exact) mass is 463 g/mol. The van der Waals surface area contributed by atoms with E-state index in [1.165, 1.54) is 10.8 Å². The molecule has 0 saturated carbocycles. The van der Waals surface area contributed by atoms with Gasteiger partial charge in [-0.1, -0.05) is 31.2 Å². The van der Waals surface area contributed by atoms with Gasteiger partial charge in [0.05, 0.1) is 12.3 Å². The highest BCUT2D eigenvalue weighted by atomic mass is 35.5. The van der Waals surface area contributed by atoms with Gasteiger partial charge in [-0.3, -0.25) is 0 Å². The van der Waals surface area contributed by atoms with Gasteiger partial charge < -0.3 is 19.6 Å². The van der Waals surface area contributed by atoms with E-state index in [0.29, 0.717) is 13.0 Å². The lowest BCUT2D eigenvalue weighted by Gasteiger charge is -2.35. The molecule has 2 heterocycles. The molecule has 1 aliphatic rings. The van der Waals surface area contributed by atoms with Crippen LogP contribution in [0.2, 0.25) is 0 Å². The van der Waals surface area contributed by atoms with E-state index in [4.69, 9.17) is 14.8 Å². The third kappa shape index (κ3) is 6.01. The van der Waals surface area contributed by atoms with Crippen molar-refractivity contribution in [3.05, 3.63) is 54.6 Å². The number of hydrogen-bond donors (Lipinski definition) is 1. The van der Waals surface area contributed by atoms with Gasteiger partial charge in [-0.15, -0.1) is 24.8 Å². The Morgan fingerprint density at radius 2 is 1.68 bits per heavy atom. The first-order chi connectivity index (χ1) is 14.3. The minimum Gasteiger partial charge on any atom is -0.494 e. The molecule has 0 spiro atoms. The number of benzene rings is 2. The number of likely N-dealkylation sites (N-methyl/N-ethyl adjacent to an activating group) is 1. The summed E-state index contributed by atoms with van der Waals surface area (Å²) in [6, 6.07) is 18.8. The molecule has 1 fully saturated rings. The summed E-state index contributed by atoms with van der Waals surface area (Å²) in [6.07, 6.45) is 0.642. The number of hydrogen-bond acceptors (Lipinski definition) is 5. The average molecular weight is 464 g/mol. The van der Waals surface area contributed by atoms with Crippen LogP contribution in [-0.4, -0.2) is 60.9 Å². The standard InChI is InChI=1S/C24H29N3O2.2ClH/c1-2-26-12-14-27(15-13-26)24-22-7-4-3-6-20(22)18-23(25-24)19-8-10-21(11-9-19)29-17-5-16-28;;/h3-4,6-11,18,28H,2,5,12-17H2,1H3;2*1H. The van der Waals surface area contributed by atoms with Crippen LogP contribution >= 0.6 is 24.8 Å². The van der Waals surface area contributed by atoms with Crippen LogP contribution in [0.25, 0.3) is 22.0 Å². The van der Waals surface area contributed by atoms with E-state index >= 15 is 0 Å². The van der Waals surface area contributed by atoms with Crippen molar-refractivity contribution in [1.29, 1.82) is 0 Å². The molecule has 1 aliphatic heterocycles. The Morgan fingerprint density at radius 3 is 2.35 bits per heavy atom. The van der Waals surface area contributed by atoms with E-state index in [-0.39, 0.29) is 31.4 Å². The lowest BCUT2D eigenvalue weighted by molar-refractivity contribution is 0.233.